The Morgan fingerprint density at radius 1 is 1.26 bits per heavy atom. The van der Waals surface area contributed by atoms with E-state index in [4.69, 9.17) is 0 Å². The van der Waals surface area contributed by atoms with Crippen LogP contribution in [0.1, 0.15) is 66.8 Å². The van der Waals surface area contributed by atoms with E-state index in [2.05, 4.69) is 61.2 Å². The maximum Gasteiger partial charge on any atom is 0.272 e. The quantitative estimate of drug-likeness (QED) is 0.842. The smallest absolute Gasteiger partial charge is 0.272 e. The van der Waals surface area contributed by atoms with Gasteiger partial charge in [0, 0.05) is 24.5 Å². The maximum atomic E-state index is 13.0. The van der Waals surface area contributed by atoms with Gasteiger partial charge in [-0.3, -0.25) is 4.79 Å². The second-order valence-corrected chi connectivity index (χ2v) is 8.04. The molecule has 0 aliphatic carbocycles. The highest BCUT2D eigenvalue weighted by molar-refractivity contribution is 5.92. The molecular formula is C22H30N4O. The Morgan fingerprint density at radius 2 is 2.04 bits per heavy atom. The highest BCUT2D eigenvalue weighted by Gasteiger charge is 2.24. The number of carbonyl (C=O) groups excluding carboxylic acids is 1. The van der Waals surface area contributed by atoms with Crippen LogP contribution in [0.4, 0.5) is 11.6 Å². The first-order valence-electron chi connectivity index (χ1n) is 9.86. The predicted molar refractivity (Wildman–Crippen MR) is 110 cm³/mol. The van der Waals surface area contributed by atoms with E-state index < -0.39 is 0 Å². The summed E-state index contributed by atoms with van der Waals surface area (Å²) in [6.45, 7) is 12.1. The van der Waals surface area contributed by atoms with E-state index in [1.54, 1.807) is 6.07 Å². The van der Waals surface area contributed by atoms with Crippen LogP contribution < -0.4 is 5.32 Å². The van der Waals surface area contributed by atoms with Gasteiger partial charge < -0.3 is 10.2 Å². The summed E-state index contributed by atoms with van der Waals surface area (Å²) >= 11 is 0. The summed E-state index contributed by atoms with van der Waals surface area (Å²) in [5, 5.41) is 3.38. The number of anilines is 2. The lowest BCUT2D eigenvalue weighted by atomic mass is 9.98. The number of hydrogen-bond acceptors (Lipinski definition) is 4. The lowest BCUT2D eigenvalue weighted by molar-refractivity contribution is 0.0677. The van der Waals surface area contributed by atoms with Crippen molar-refractivity contribution in [2.75, 3.05) is 18.4 Å². The number of para-hydroxylation sites is 1. The highest BCUT2D eigenvalue weighted by atomic mass is 16.2. The lowest BCUT2D eigenvalue weighted by Gasteiger charge is -2.30. The van der Waals surface area contributed by atoms with Gasteiger partial charge in [0.25, 0.3) is 5.91 Å². The monoisotopic (exact) mass is 366 g/mol. The van der Waals surface area contributed by atoms with Crippen molar-refractivity contribution in [3.63, 3.8) is 0 Å². The predicted octanol–water partition coefficient (Wildman–Crippen LogP) is 4.83. The SMILES string of the molecule is Cc1cc(C(=O)N2CCCC(C)C2)nc(Nc2c(C)cccc2C(C)C)n1. The van der Waals surface area contributed by atoms with Crippen LogP contribution in [0.2, 0.25) is 0 Å². The molecule has 2 heterocycles. The van der Waals surface area contributed by atoms with E-state index in [1.165, 1.54) is 12.0 Å². The summed E-state index contributed by atoms with van der Waals surface area (Å²) in [6.07, 6.45) is 2.24. The molecule has 144 valence electrons. The van der Waals surface area contributed by atoms with E-state index in [-0.39, 0.29) is 5.91 Å². The van der Waals surface area contributed by atoms with E-state index in [0.717, 1.165) is 36.5 Å². The van der Waals surface area contributed by atoms with Crippen molar-refractivity contribution >= 4 is 17.5 Å². The first-order valence-corrected chi connectivity index (χ1v) is 9.86. The number of rotatable bonds is 4. The number of nitrogens with zero attached hydrogens (tertiary/aromatic N) is 3. The minimum absolute atomic E-state index is 0.00367. The molecule has 0 spiro atoms. The molecule has 1 amide bonds. The molecule has 2 aromatic rings. The van der Waals surface area contributed by atoms with Crippen molar-refractivity contribution < 1.29 is 4.79 Å². The Kier molecular flexibility index (Phi) is 5.78. The Balaban J connectivity index is 1.90. The number of nitrogens with one attached hydrogen (secondary N) is 1. The molecule has 5 heteroatoms. The fraction of sp³-hybridized carbons (Fsp3) is 0.500. The number of aromatic nitrogens is 2. The number of benzene rings is 1. The number of carbonyl (C=O) groups is 1. The zero-order chi connectivity index (χ0) is 19.6. The van der Waals surface area contributed by atoms with Crippen LogP contribution in [0.15, 0.2) is 24.3 Å². The molecule has 1 aliphatic heterocycles. The fourth-order valence-electron chi connectivity index (χ4n) is 3.72. The summed E-state index contributed by atoms with van der Waals surface area (Å²) in [7, 11) is 0. The summed E-state index contributed by atoms with van der Waals surface area (Å²) < 4.78 is 0. The van der Waals surface area contributed by atoms with Crippen molar-refractivity contribution in [2.45, 2.75) is 53.4 Å². The zero-order valence-corrected chi connectivity index (χ0v) is 17.0. The van der Waals surface area contributed by atoms with Crippen LogP contribution in [0, 0.1) is 19.8 Å². The molecule has 1 fully saturated rings. The molecule has 1 unspecified atom stereocenters. The van der Waals surface area contributed by atoms with E-state index in [0.29, 0.717) is 23.5 Å². The molecule has 1 aliphatic rings. The number of hydrogen-bond donors (Lipinski definition) is 1. The fourth-order valence-corrected chi connectivity index (χ4v) is 3.72. The van der Waals surface area contributed by atoms with Gasteiger partial charge in [-0.2, -0.15) is 0 Å². The van der Waals surface area contributed by atoms with E-state index in [9.17, 15) is 4.79 Å². The average molecular weight is 367 g/mol. The third-order valence-corrected chi connectivity index (χ3v) is 5.18. The van der Waals surface area contributed by atoms with Crippen LogP contribution in [-0.2, 0) is 0 Å². The van der Waals surface area contributed by atoms with Gasteiger partial charge in [0.15, 0.2) is 0 Å². The molecule has 0 saturated carbocycles. The first kappa shape index (κ1) is 19.3. The standard InChI is InChI=1S/C22H30N4O/c1-14(2)18-10-6-9-16(4)20(18)25-22-23-17(5)12-19(24-22)21(27)26-11-7-8-15(3)13-26/h6,9-10,12,14-15H,7-8,11,13H2,1-5H3,(H,23,24,25). The topological polar surface area (TPSA) is 58.1 Å². The van der Waals surface area contributed by atoms with Crippen LogP contribution in [0.5, 0.6) is 0 Å². The van der Waals surface area contributed by atoms with Gasteiger partial charge in [0.05, 0.1) is 0 Å². The number of aryl methyl sites for hydroxylation is 2. The number of amides is 1. The maximum absolute atomic E-state index is 13.0. The molecule has 0 radical (unpaired) electrons. The molecule has 1 saturated heterocycles. The Hall–Kier alpha value is -2.43. The molecule has 1 atom stereocenters. The number of piperidine rings is 1. The molecule has 0 bridgehead atoms. The minimum Gasteiger partial charge on any atom is -0.337 e. The summed E-state index contributed by atoms with van der Waals surface area (Å²) in [4.78, 5) is 24.0. The van der Waals surface area contributed by atoms with Crippen molar-refractivity contribution in [2.24, 2.45) is 5.92 Å². The average Bonchev–Trinajstić information content (AvgIpc) is 2.62. The third kappa shape index (κ3) is 4.46. The first-order chi connectivity index (χ1) is 12.8. The highest BCUT2D eigenvalue weighted by Crippen LogP contribution is 2.29. The molecule has 3 rings (SSSR count). The molecular weight excluding hydrogens is 336 g/mol. The molecule has 27 heavy (non-hydrogen) atoms. The van der Waals surface area contributed by atoms with Gasteiger partial charge in [-0.15, -0.1) is 0 Å². The van der Waals surface area contributed by atoms with Crippen molar-refractivity contribution in [1.82, 2.24) is 14.9 Å². The van der Waals surface area contributed by atoms with E-state index >= 15 is 0 Å². The summed E-state index contributed by atoms with van der Waals surface area (Å²) in [5.74, 6) is 1.42. The molecule has 1 aromatic carbocycles. The summed E-state index contributed by atoms with van der Waals surface area (Å²) in [5.41, 5.74) is 4.66. The van der Waals surface area contributed by atoms with Gasteiger partial charge in [0.1, 0.15) is 5.69 Å². The van der Waals surface area contributed by atoms with Crippen LogP contribution in [0.25, 0.3) is 0 Å². The zero-order valence-electron chi connectivity index (χ0n) is 17.0. The lowest BCUT2D eigenvalue weighted by Crippen LogP contribution is -2.39. The van der Waals surface area contributed by atoms with Gasteiger partial charge in [-0.1, -0.05) is 39.0 Å². The largest absolute Gasteiger partial charge is 0.337 e. The Morgan fingerprint density at radius 3 is 2.74 bits per heavy atom. The Bertz CT molecular complexity index is 831. The normalized spacial score (nSPS) is 17.3. The second-order valence-electron chi connectivity index (χ2n) is 8.04. The molecule has 1 N–H and O–H groups in total. The van der Waals surface area contributed by atoms with Crippen LogP contribution in [0.3, 0.4) is 0 Å². The van der Waals surface area contributed by atoms with Gasteiger partial charge in [-0.05, 0) is 55.7 Å². The van der Waals surface area contributed by atoms with Gasteiger partial charge in [0.2, 0.25) is 5.95 Å². The minimum atomic E-state index is 0.00367. The van der Waals surface area contributed by atoms with Gasteiger partial charge >= 0.3 is 0 Å². The van der Waals surface area contributed by atoms with Crippen molar-refractivity contribution in [3.8, 4) is 0 Å². The van der Waals surface area contributed by atoms with E-state index in [1.807, 2.05) is 11.8 Å². The van der Waals surface area contributed by atoms with Gasteiger partial charge in [-0.25, -0.2) is 9.97 Å². The molecule has 5 nitrogen and oxygen atoms in total. The molecule has 1 aromatic heterocycles. The van der Waals surface area contributed by atoms with Crippen molar-refractivity contribution in [1.29, 1.82) is 0 Å². The number of likely N-dealkylation sites (tertiary alicyclic amines) is 1. The van der Waals surface area contributed by atoms with Crippen LogP contribution in [-0.4, -0.2) is 33.9 Å². The Labute approximate surface area is 162 Å². The second kappa shape index (κ2) is 8.07. The van der Waals surface area contributed by atoms with Crippen LogP contribution >= 0.6 is 0 Å². The third-order valence-electron chi connectivity index (χ3n) is 5.18. The summed E-state index contributed by atoms with van der Waals surface area (Å²) in [6, 6.07) is 8.05. The van der Waals surface area contributed by atoms with Crippen molar-refractivity contribution in [3.05, 3.63) is 46.8 Å².